The van der Waals surface area contributed by atoms with Gasteiger partial charge in [-0.1, -0.05) is 36.7 Å². The van der Waals surface area contributed by atoms with Crippen LogP contribution in [0.1, 0.15) is 25.8 Å². The predicted octanol–water partition coefficient (Wildman–Crippen LogP) is 3.36. The molecule has 43 heavy (non-hydrogen) atoms. The molecule has 3 fully saturated rings. The first-order valence-corrected chi connectivity index (χ1v) is 15.9. The lowest BCUT2D eigenvalue weighted by Gasteiger charge is -2.39. The third kappa shape index (κ3) is 4.63. The smallest absolute Gasteiger partial charge is 0.350 e. The number of ether oxygens (including phenoxy) is 1. The molecule has 3 atom stereocenters. The van der Waals surface area contributed by atoms with Crippen LogP contribution in [0.15, 0.2) is 41.3 Å². The van der Waals surface area contributed by atoms with Gasteiger partial charge in [-0.2, -0.15) is 4.98 Å². The number of piperazine rings is 2. The Morgan fingerprint density at radius 2 is 1.84 bits per heavy atom. The van der Waals surface area contributed by atoms with E-state index in [1.165, 1.54) is 0 Å². The summed E-state index contributed by atoms with van der Waals surface area (Å²) in [6.45, 7) is 10.0. The van der Waals surface area contributed by atoms with Crippen LogP contribution in [0, 0.1) is 0 Å². The number of benzene rings is 2. The summed E-state index contributed by atoms with van der Waals surface area (Å²) < 4.78 is 8.59. The second kappa shape index (κ2) is 10.6. The highest BCUT2D eigenvalue weighted by Gasteiger charge is 2.37. The van der Waals surface area contributed by atoms with Crippen molar-refractivity contribution in [2.45, 2.75) is 37.9 Å². The molecule has 0 saturated carbocycles. The number of nitrogens with two attached hydrogens (primary N) is 1. The van der Waals surface area contributed by atoms with Gasteiger partial charge in [0.1, 0.15) is 18.2 Å². The molecule has 3 N–H and O–H groups in total. The van der Waals surface area contributed by atoms with Gasteiger partial charge in [0, 0.05) is 80.4 Å². The van der Waals surface area contributed by atoms with E-state index in [0.29, 0.717) is 41.1 Å². The van der Waals surface area contributed by atoms with Gasteiger partial charge in [0.05, 0.1) is 16.6 Å². The summed E-state index contributed by atoms with van der Waals surface area (Å²) >= 11 is 7.19. The third-order valence-electron chi connectivity index (χ3n) is 9.83. The van der Waals surface area contributed by atoms with Crippen LogP contribution in [-0.4, -0.2) is 95.4 Å². The highest BCUT2D eigenvalue weighted by Crippen LogP contribution is 2.48. The molecule has 0 aliphatic carbocycles. The topological polar surface area (TPSA) is 105 Å². The number of pyridine rings is 1. The minimum absolute atomic E-state index is 0.153. The fraction of sp³-hybridized carbons (Fsp3) is 0.469. The summed E-state index contributed by atoms with van der Waals surface area (Å²) in [5.74, 6) is 1.80. The number of rotatable bonds is 5. The maximum atomic E-state index is 14.1. The van der Waals surface area contributed by atoms with Gasteiger partial charge in [-0.25, -0.2) is 9.78 Å². The van der Waals surface area contributed by atoms with Gasteiger partial charge in [0.2, 0.25) is 0 Å². The Morgan fingerprint density at radius 1 is 1.07 bits per heavy atom. The fourth-order valence-electron chi connectivity index (χ4n) is 7.65. The monoisotopic (exact) mass is 600 g/mol. The van der Waals surface area contributed by atoms with Gasteiger partial charge in [0.15, 0.2) is 5.75 Å². The average molecular weight is 601 g/mol. The predicted molar refractivity (Wildman–Crippen MR) is 171 cm³/mol. The van der Waals surface area contributed by atoms with Crippen molar-refractivity contribution in [3.8, 4) is 16.9 Å². The number of nitrogens with one attached hydrogen (secondary N) is 1. The Morgan fingerprint density at radius 3 is 2.60 bits per heavy atom. The number of aromatic nitrogens is 3. The van der Waals surface area contributed by atoms with Gasteiger partial charge in [-0.05, 0) is 42.5 Å². The van der Waals surface area contributed by atoms with E-state index in [0.717, 1.165) is 98.0 Å². The van der Waals surface area contributed by atoms with Crippen molar-refractivity contribution >= 4 is 44.9 Å². The molecule has 0 spiro atoms. The van der Waals surface area contributed by atoms with Crippen molar-refractivity contribution in [2.24, 2.45) is 0 Å². The van der Waals surface area contributed by atoms with Crippen molar-refractivity contribution in [1.82, 2.24) is 29.7 Å². The van der Waals surface area contributed by atoms with Crippen molar-refractivity contribution < 1.29 is 4.74 Å². The second-order valence-corrected chi connectivity index (χ2v) is 12.8. The van der Waals surface area contributed by atoms with Crippen molar-refractivity contribution in [3.63, 3.8) is 0 Å². The minimum Gasteiger partial charge on any atom is -0.488 e. The molecule has 4 aliphatic rings. The summed E-state index contributed by atoms with van der Waals surface area (Å²) in [6.07, 6.45) is 4.07. The second-order valence-electron chi connectivity index (χ2n) is 12.4. The van der Waals surface area contributed by atoms with Gasteiger partial charge in [-0.15, -0.1) is 0 Å². The zero-order valence-electron chi connectivity index (χ0n) is 24.4. The Hall–Kier alpha value is -3.44. The summed E-state index contributed by atoms with van der Waals surface area (Å²) in [6, 6.07) is 10.6. The van der Waals surface area contributed by atoms with Crippen LogP contribution in [0.3, 0.4) is 0 Å². The zero-order chi connectivity index (χ0) is 29.2. The van der Waals surface area contributed by atoms with Crippen LogP contribution >= 0.6 is 11.6 Å². The molecule has 4 aromatic rings. The lowest BCUT2D eigenvalue weighted by molar-refractivity contribution is 0.106. The first-order chi connectivity index (χ1) is 21.0. The molecule has 4 aliphatic heterocycles. The largest absolute Gasteiger partial charge is 0.488 e. The van der Waals surface area contributed by atoms with Crippen LogP contribution in [0.2, 0.25) is 5.02 Å². The first kappa shape index (κ1) is 27.1. The molecule has 2 unspecified atom stereocenters. The number of halogens is 1. The van der Waals surface area contributed by atoms with E-state index in [-0.39, 0.29) is 11.7 Å². The van der Waals surface area contributed by atoms with Gasteiger partial charge in [0.25, 0.3) is 0 Å². The molecule has 224 valence electrons. The number of anilines is 2. The van der Waals surface area contributed by atoms with Gasteiger partial charge < -0.3 is 25.6 Å². The quantitative estimate of drug-likeness (QED) is 0.357. The fourth-order valence-corrected chi connectivity index (χ4v) is 7.95. The lowest BCUT2D eigenvalue weighted by atomic mass is 9.96. The maximum Gasteiger partial charge on any atom is 0.350 e. The maximum absolute atomic E-state index is 14.1. The van der Waals surface area contributed by atoms with E-state index in [1.54, 1.807) is 6.20 Å². The summed E-state index contributed by atoms with van der Waals surface area (Å²) in [5, 5.41) is 7.02. The number of fused-ring (bicyclic) bond motifs is 3. The molecule has 2 aromatic carbocycles. The van der Waals surface area contributed by atoms with Gasteiger partial charge >= 0.3 is 5.69 Å². The summed E-state index contributed by atoms with van der Waals surface area (Å²) in [4.78, 5) is 30.4. The Labute approximate surface area is 255 Å². The highest BCUT2D eigenvalue weighted by atomic mass is 35.5. The number of likely N-dealkylation sites (N-methyl/N-ethyl adjacent to an activating group) is 1. The van der Waals surface area contributed by atoms with Crippen LogP contribution in [0.5, 0.6) is 5.75 Å². The van der Waals surface area contributed by atoms with E-state index in [1.807, 2.05) is 34.9 Å². The minimum atomic E-state index is -0.226. The molecule has 2 aromatic heterocycles. The molecular weight excluding hydrogens is 564 g/mol. The normalized spacial score (nSPS) is 24.1. The zero-order valence-corrected chi connectivity index (χ0v) is 25.2. The average Bonchev–Trinajstić information content (AvgIpc) is 3.36. The van der Waals surface area contributed by atoms with Crippen LogP contribution in [-0.2, 0) is 0 Å². The van der Waals surface area contributed by atoms with Crippen molar-refractivity contribution in [1.29, 1.82) is 0 Å². The number of nitrogen functional groups attached to an aromatic ring is 1. The van der Waals surface area contributed by atoms with Crippen LogP contribution in [0.4, 0.5) is 11.6 Å². The Kier molecular flexibility index (Phi) is 6.70. The summed E-state index contributed by atoms with van der Waals surface area (Å²) in [7, 11) is 0. The van der Waals surface area contributed by atoms with E-state index >= 15 is 0 Å². The molecule has 8 rings (SSSR count). The summed E-state index contributed by atoms with van der Waals surface area (Å²) in [5.41, 5.74) is 8.24. The van der Waals surface area contributed by atoms with Gasteiger partial charge in [-0.3, -0.25) is 9.47 Å². The lowest BCUT2D eigenvalue weighted by Crippen LogP contribution is -2.52. The molecule has 0 amide bonds. The molecular formula is C32H37ClN8O2. The van der Waals surface area contributed by atoms with E-state index in [4.69, 9.17) is 27.1 Å². The first-order valence-electron chi connectivity index (χ1n) is 15.5. The Bertz CT molecular complexity index is 1770. The molecule has 11 heteroatoms. The third-order valence-corrected chi connectivity index (χ3v) is 10.1. The molecule has 10 nitrogen and oxygen atoms in total. The Balaban J connectivity index is 1.31. The molecule has 2 bridgehead atoms. The molecule has 3 saturated heterocycles. The standard InChI is InChI=1S/C32H37ClN8O2/c1-2-38-8-10-39(11-9-38)17-22-18-43-30-28(23-5-3-4-19-12-27(34)35-14-25(19)23)26(33)13-24-29(30)41(22)32(42)37-31(24)40-15-20-6-7-21(16-40)36-20/h3-5,12-14,20-22,36H,2,6-11,15-18H2,1H3,(H2,34,35)/t20?,21?,22-/m0/s1. The van der Waals surface area contributed by atoms with E-state index in [9.17, 15) is 4.79 Å². The molecule has 6 heterocycles. The van der Waals surface area contributed by atoms with Crippen molar-refractivity contribution in [2.75, 3.05) is 69.6 Å². The number of hydrogen-bond donors (Lipinski definition) is 2. The van der Waals surface area contributed by atoms with Crippen LogP contribution in [0.25, 0.3) is 32.8 Å². The van der Waals surface area contributed by atoms with E-state index in [2.05, 4.69) is 31.9 Å². The van der Waals surface area contributed by atoms with Crippen molar-refractivity contribution in [3.05, 3.63) is 52.0 Å². The SMILES string of the molecule is CCN1CCN(C[C@H]2COc3c(-c4cccc5cc(N)ncc45)c(Cl)cc4c(N5CC6CCC(C5)N6)nc(=O)n2c34)CC1. The van der Waals surface area contributed by atoms with E-state index < -0.39 is 0 Å². The van der Waals surface area contributed by atoms with Crippen LogP contribution < -0.4 is 26.4 Å². The molecule has 0 radical (unpaired) electrons. The number of nitrogens with zero attached hydrogens (tertiary/aromatic N) is 6. The number of hydrogen-bond acceptors (Lipinski definition) is 9. The highest BCUT2D eigenvalue weighted by molar-refractivity contribution is 6.35.